The van der Waals surface area contributed by atoms with Crippen LogP contribution in [0.4, 0.5) is 0 Å². The molecule has 1 saturated heterocycles. The molecule has 0 aliphatic carbocycles. The van der Waals surface area contributed by atoms with Gasteiger partial charge in [-0.15, -0.1) is 0 Å². The Morgan fingerprint density at radius 3 is 2.30 bits per heavy atom. The molecule has 0 saturated carbocycles. The van der Waals surface area contributed by atoms with Gasteiger partial charge in [-0.25, -0.2) is 8.42 Å². The van der Waals surface area contributed by atoms with Crippen LogP contribution in [0, 0.1) is 6.92 Å². The number of piperazine rings is 1. The lowest BCUT2D eigenvalue weighted by molar-refractivity contribution is -0.134. The molecule has 0 bridgehead atoms. The van der Waals surface area contributed by atoms with Gasteiger partial charge in [0.15, 0.2) is 6.61 Å². The molecule has 27 heavy (non-hydrogen) atoms. The summed E-state index contributed by atoms with van der Waals surface area (Å²) >= 11 is 6.03. The number of rotatable bonds is 5. The SMILES string of the molecule is Cc1ccc(OCC(=O)N2CCN(S(=O)(=O)c3ccccc3Cl)CC2)cc1. The number of aryl methyl sites for hydroxylation is 1. The Morgan fingerprint density at radius 1 is 1.04 bits per heavy atom. The number of hydrogen-bond donors (Lipinski definition) is 0. The Hall–Kier alpha value is -2.09. The molecule has 0 N–H and O–H groups in total. The van der Waals surface area contributed by atoms with Crippen LogP contribution in [-0.4, -0.2) is 56.3 Å². The van der Waals surface area contributed by atoms with E-state index in [2.05, 4.69) is 0 Å². The molecular weight excluding hydrogens is 388 g/mol. The van der Waals surface area contributed by atoms with Crippen LogP contribution < -0.4 is 4.74 Å². The number of carbonyl (C=O) groups excluding carboxylic acids is 1. The van der Waals surface area contributed by atoms with Crippen molar-refractivity contribution in [2.45, 2.75) is 11.8 Å². The van der Waals surface area contributed by atoms with Gasteiger partial charge >= 0.3 is 0 Å². The second kappa shape index (κ2) is 8.29. The average molecular weight is 409 g/mol. The zero-order valence-electron chi connectivity index (χ0n) is 15.0. The monoisotopic (exact) mass is 408 g/mol. The molecule has 0 atom stereocenters. The number of amides is 1. The Bertz CT molecular complexity index is 908. The van der Waals surface area contributed by atoms with E-state index in [1.54, 1.807) is 23.1 Å². The largest absolute Gasteiger partial charge is 0.484 e. The van der Waals surface area contributed by atoms with Crippen LogP contribution in [0.2, 0.25) is 5.02 Å². The molecule has 1 fully saturated rings. The van der Waals surface area contributed by atoms with E-state index in [1.165, 1.54) is 10.4 Å². The molecule has 144 valence electrons. The maximum atomic E-state index is 12.7. The first-order valence-corrected chi connectivity index (χ1v) is 10.4. The maximum absolute atomic E-state index is 12.7. The number of nitrogens with zero attached hydrogens (tertiary/aromatic N) is 2. The summed E-state index contributed by atoms with van der Waals surface area (Å²) in [6.07, 6.45) is 0. The summed E-state index contributed by atoms with van der Waals surface area (Å²) in [6, 6.07) is 13.8. The molecule has 0 aromatic heterocycles. The second-order valence-electron chi connectivity index (χ2n) is 6.32. The van der Waals surface area contributed by atoms with Gasteiger partial charge in [0.2, 0.25) is 10.0 Å². The summed E-state index contributed by atoms with van der Waals surface area (Å²) in [7, 11) is -3.67. The Labute approximate surface area is 164 Å². The van der Waals surface area contributed by atoms with Crippen molar-refractivity contribution >= 4 is 27.5 Å². The van der Waals surface area contributed by atoms with Gasteiger partial charge in [0.05, 0.1) is 5.02 Å². The smallest absolute Gasteiger partial charge is 0.260 e. The fraction of sp³-hybridized carbons (Fsp3) is 0.316. The van der Waals surface area contributed by atoms with Crippen molar-refractivity contribution in [2.24, 2.45) is 0 Å². The van der Waals surface area contributed by atoms with Gasteiger partial charge in [-0.05, 0) is 31.2 Å². The molecule has 8 heteroatoms. The molecule has 1 aliphatic heterocycles. The van der Waals surface area contributed by atoms with Gasteiger partial charge < -0.3 is 9.64 Å². The van der Waals surface area contributed by atoms with Gasteiger partial charge in [0.1, 0.15) is 10.6 Å². The maximum Gasteiger partial charge on any atom is 0.260 e. The van der Waals surface area contributed by atoms with Crippen LogP contribution in [0.3, 0.4) is 0 Å². The van der Waals surface area contributed by atoms with Crippen LogP contribution in [0.25, 0.3) is 0 Å². The summed E-state index contributed by atoms with van der Waals surface area (Å²) in [4.78, 5) is 14.0. The Balaban J connectivity index is 1.56. The lowest BCUT2D eigenvalue weighted by atomic mass is 10.2. The number of ether oxygens (including phenoxy) is 1. The first-order valence-electron chi connectivity index (χ1n) is 8.60. The first-order chi connectivity index (χ1) is 12.9. The van der Waals surface area contributed by atoms with Crippen LogP contribution in [0.5, 0.6) is 5.75 Å². The van der Waals surface area contributed by atoms with Crippen molar-refractivity contribution in [3.05, 3.63) is 59.1 Å². The standard InChI is InChI=1S/C19H21ClN2O4S/c1-15-6-8-16(9-7-15)26-14-19(23)21-10-12-22(13-11-21)27(24,25)18-5-3-2-4-17(18)20/h2-9H,10-14H2,1H3. The first kappa shape index (κ1) is 19.7. The van der Waals surface area contributed by atoms with Gasteiger partial charge in [-0.2, -0.15) is 4.31 Å². The van der Waals surface area contributed by atoms with Crippen molar-refractivity contribution in [1.29, 1.82) is 0 Å². The normalized spacial score (nSPS) is 15.6. The van der Waals surface area contributed by atoms with E-state index in [0.29, 0.717) is 18.8 Å². The summed E-state index contributed by atoms with van der Waals surface area (Å²) in [6.45, 7) is 3.00. The minimum absolute atomic E-state index is 0.0691. The third kappa shape index (κ3) is 4.61. The molecule has 0 spiro atoms. The Morgan fingerprint density at radius 2 is 1.67 bits per heavy atom. The van der Waals surface area contributed by atoms with Gasteiger partial charge in [0.25, 0.3) is 5.91 Å². The van der Waals surface area contributed by atoms with Crippen LogP contribution in [0.15, 0.2) is 53.4 Å². The fourth-order valence-corrected chi connectivity index (χ4v) is 4.76. The lowest BCUT2D eigenvalue weighted by Gasteiger charge is -2.34. The zero-order valence-corrected chi connectivity index (χ0v) is 16.5. The highest BCUT2D eigenvalue weighted by atomic mass is 35.5. The number of sulfonamides is 1. The summed E-state index contributed by atoms with van der Waals surface area (Å²) in [5.41, 5.74) is 1.12. The number of hydrogen-bond acceptors (Lipinski definition) is 4. The minimum Gasteiger partial charge on any atom is -0.484 e. The fourth-order valence-electron chi connectivity index (χ4n) is 2.84. The molecule has 3 rings (SSSR count). The van der Waals surface area contributed by atoms with Crippen LogP contribution in [-0.2, 0) is 14.8 Å². The van der Waals surface area contributed by atoms with E-state index in [-0.39, 0.29) is 35.5 Å². The molecule has 2 aromatic rings. The van der Waals surface area contributed by atoms with E-state index >= 15 is 0 Å². The van der Waals surface area contributed by atoms with E-state index in [4.69, 9.17) is 16.3 Å². The predicted octanol–water partition coefficient (Wildman–Crippen LogP) is 2.56. The van der Waals surface area contributed by atoms with E-state index in [1.807, 2.05) is 31.2 Å². The quantitative estimate of drug-likeness (QED) is 0.762. The van der Waals surface area contributed by atoms with Gasteiger partial charge in [-0.1, -0.05) is 41.4 Å². The predicted molar refractivity (Wildman–Crippen MR) is 103 cm³/mol. The summed E-state index contributed by atoms with van der Waals surface area (Å²) < 4.78 is 32.3. The second-order valence-corrected chi connectivity index (χ2v) is 8.63. The third-order valence-electron chi connectivity index (χ3n) is 4.43. The topological polar surface area (TPSA) is 66.9 Å². The van der Waals surface area contributed by atoms with Crippen molar-refractivity contribution in [1.82, 2.24) is 9.21 Å². The number of halogens is 1. The van der Waals surface area contributed by atoms with Crippen LogP contribution in [0.1, 0.15) is 5.56 Å². The summed E-state index contributed by atoms with van der Waals surface area (Å²) in [5.74, 6) is 0.472. The van der Waals surface area contributed by atoms with Gasteiger partial charge in [-0.3, -0.25) is 4.79 Å². The van der Waals surface area contributed by atoms with E-state index in [9.17, 15) is 13.2 Å². The van der Waals surface area contributed by atoms with Crippen LogP contribution >= 0.6 is 11.6 Å². The zero-order chi connectivity index (χ0) is 19.4. The molecule has 0 unspecified atom stereocenters. The van der Waals surface area contributed by atoms with Crippen molar-refractivity contribution in [3.63, 3.8) is 0 Å². The third-order valence-corrected chi connectivity index (χ3v) is 6.83. The molecule has 0 radical (unpaired) electrons. The summed E-state index contributed by atoms with van der Waals surface area (Å²) in [5, 5.41) is 0.197. The van der Waals surface area contributed by atoms with E-state index in [0.717, 1.165) is 5.56 Å². The number of benzene rings is 2. The molecule has 1 amide bonds. The van der Waals surface area contributed by atoms with Crippen molar-refractivity contribution in [2.75, 3.05) is 32.8 Å². The minimum atomic E-state index is -3.67. The molecule has 6 nitrogen and oxygen atoms in total. The Kier molecular flexibility index (Phi) is 6.04. The van der Waals surface area contributed by atoms with Gasteiger partial charge in [0, 0.05) is 26.2 Å². The molecule has 1 heterocycles. The number of carbonyl (C=O) groups is 1. The van der Waals surface area contributed by atoms with Crippen molar-refractivity contribution < 1.29 is 17.9 Å². The molecule has 2 aromatic carbocycles. The lowest BCUT2D eigenvalue weighted by Crippen LogP contribution is -2.51. The van der Waals surface area contributed by atoms with E-state index < -0.39 is 10.0 Å². The average Bonchev–Trinajstić information content (AvgIpc) is 2.67. The molecule has 1 aliphatic rings. The van der Waals surface area contributed by atoms with Crippen molar-refractivity contribution in [3.8, 4) is 5.75 Å². The molecular formula is C19H21ClN2O4S. The highest BCUT2D eigenvalue weighted by molar-refractivity contribution is 7.89. The highest BCUT2D eigenvalue weighted by Crippen LogP contribution is 2.25. The highest BCUT2D eigenvalue weighted by Gasteiger charge is 2.31.